The maximum atomic E-state index is 2.40. The fourth-order valence-corrected chi connectivity index (χ4v) is 4.33. The summed E-state index contributed by atoms with van der Waals surface area (Å²) in [7, 11) is 2.22. The van der Waals surface area contributed by atoms with Gasteiger partial charge in [0.05, 0.1) is 0 Å². The molecule has 1 heteroatoms. The van der Waals surface area contributed by atoms with Crippen LogP contribution in [-0.2, 0) is 7.05 Å². The maximum absolute atomic E-state index is 2.40. The molecule has 0 fully saturated rings. The van der Waals surface area contributed by atoms with Crippen molar-refractivity contribution < 1.29 is 0 Å². The monoisotopic (exact) mass is 347 g/mol. The molecule has 0 saturated heterocycles. The minimum atomic E-state index is 0.572. The highest BCUT2D eigenvalue weighted by Crippen LogP contribution is 2.34. The van der Waals surface area contributed by atoms with Gasteiger partial charge in [0.15, 0.2) is 0 Å². The Labute approximate surface area is 159 Å². The number of hydrogen-bond acceptors (Lipinski definition) is 0. The number of aryl methyl sites for hydroxylation is 2. The zero-order chi connectivity index (χ0) is 18.8. The SMILES string of the molecule is Cc1c(C(C)CCC(C)c2cccc(C(C)C)c2)n(C)c2ccccc12. The quantitative estimate of drug-likeness (QED) is 0.441. The Morgan fingerprint density at radius 3 is 2.15 bits per heavy atom. The second-order valence-electron chi connectivity index (χ2n) is 8.29. The molecule has 3 aromatic rings. The van der Waals surface area contributed by atoms with Crippen molar-refractivity contribution >= 4 is 10.9 Å². The van der Waals surface area contributed by atoms with E-state index in [1.165, 1.54) is 46.1 Å². The fraction of sp³-hybridized carbons (Fsp3) is 0.440. The predicted molar refractivity (Wildman–Crippen MR) is 114 cm³/mol. The summed E-state index contributed by atoms with van der Waals surface area (Å²) in [6.45, 7) is 11.6. The standard InChI is InChI=1S/C25H33N/c1-17(2)21-10-9-11-22(16-21)18(3)14-15-19(4)25-20(5)23-12-7-8-13-24(23)26(25)6/h7-13,16-19H,14-15H2,1-6H3. The Morgan fingerprint density at radius 1 is 0.808 bits per heavy atom. The second-order valence-corrected chi connectivity index (χ2v) is 8.29. The van der Waals surface area contributed by atoms with Crippen LogP contribution in [0.15, 0.2) is 48.5 Å². The van der Waals surface area contributed by atoms with Crippen molar-refractivity contribution in [2.45, 2.75) is 65.2 Å². The summed E-state index contributed by atoms with van der Waals surface area (Å²) in [6.07, 6.45) is 2.45. The zero-order valence-corrected chi connectivity index (χ0v) is 17.2. The molecule has 0 spiro atoms. The Kier molecular flexibility index (Phi) is 5.55. The summed E-state index contributed by atoms with van der Waals surface area (Å²) >= 11 is 0. The Bertz CT molecular complexity index is 845. The van der Waals surface area contributed by atoms with Crippen LogP contribution in [0.5, 0.6) is 0 Å². The van der Waals surface area contributed by atoms with Crippen LogP contribution in [-0.4, -0.2) is 4.57 Å². The number of hydrogen-bond donors (Lipinski definition) is 0. The van der Waals surface area contributed by atoms with Gasteiger partial charge < -0.3 is 4.57 Å². The number of aromatic nitrogens is 1. The first-order valence-electron chi connectivity index (χ1n) is 10.0. The van der Waals surface area contributed by atoms with E-state index < -0.39 is 0 Å². The molecular weight excluding hydrogens is 314 g/mol. The van der Waals surface area contributed by atoms with E-state index in [-0.39, 0.29) is 0 Å². The molecule has 1 aromatic heterocycles. The van der Waals surface area contributed by atoms with Crippen molar-refractivity contribution in [2.75, 3.05) is 0 Å². The van der Waals surface area contributed by atoms with Crippen molar-refractivity contribution in [3.63, 3.8) is 0 Å². The van der Waals surface area contributed by atoms with E-state index in [0.29, 0.717) is 17.8 Å². The average Bonchev–Trinajstić information content (AvgIpc) is 2.90. The van der Waals surface area contributed by atoms with E-state index in [1.54, 1.807) is 0 Å². The number of benzene rings is 2. The van der Waals surface area contributed by atoms with Crippen LogP contribution in [0.4, 0.5) is 0 Å². The second kappa shape index (κ2) is 7.70. The van der Waals surface area contributed by atoms with Crippen LogP contribution in [0, 0.1) is 6.92 Å². The summed E-state index contributed by atoms with van der Waals surface area (Å²) in [5, 5.41) is 1.40. The topological polar surface area (TPSA) is 4.93 Å². The van der Waals surface area contributed by atoms with Gasteiger partial charge in [-0.05, 0) is 60.3 Å². The molecule has 0 aliphatic carbocycles. The van der Waals surface area contributed by atoms with Gasteiger partial charge in [-0.3, -0.25) is 0 Å². The highest BCUT2D eigenvalue weighted by molar-refractivity contribution is 5.85. The number of nitrogens with zero attached hydrogens (tertiary/aromatic N) is 1. The normalized spacial score (nSPS) is 14.1. The lowest BCUT2D eigenvalue weighted by molar-refractivity contribution is 0.553. The van der Waals surface area contributed by atoms with Crippen LogP contribution in [0.2, 0.25) is 0 Å². The van der Waals surface area contributed by atoms with Crippen molar-refractivity contribution in [1.82, 2.24) is 4.57 Å². The lowest BCUT2D eigenvalue weighted by Crippen LogP contribution is -2.05. The first-order chi connectivity index (χ1) is 12.4. The van der Waals surface area contributed by atoms with E-state index in [9.17, 15) is 0 Å². The smallest absolute Gasteiger partial charge is 0.0482 e. The van der Waals surface area contributed by atoms with Gasteiger partial charge in [-0.15, -0.1) is 0 Å². The molecule has 1 heterocycles. The molecule has 0 aliphatic rings. The molecule has 2 atom stereocenters. The highest BCUT2D eigenvalue weighted by atomic mass is 15.0. The van der Waals surface area contributed by atoms with Gasteiger partial charge in [-0.1, -0.05) is 70.2 Å². The zero-order valence-electron chi connectivity index (χ0n) is 17.2. The maximum Gasteiger partial charge on any atom is 0.0482 e. The van der Waals surface area contributed by atoms with Gasteiger partial charge in [0.2, 0.25) is 0 Å². The Morgan fingerprint density at radius 2 is 1.46 bits per heavy atom. The molecule has 0 saturated carbocycles. The Hall–Kier alpha value is -2.02. The number of rotatable bonds is 6. The predicted octanol–water partition coefficient (Wildman–Crippen LogP) is 7.30. The molecule has 2 aromatic carbocycles. The van der Waals surface area contributed by atoms with Crippen molar-refractivity contribution in [1.29, 1.82) is 0 Å². The lowest BCUT2D eigenvalue weighted by atomic mass is 9.88. The van der Waals surface area contributed by atoms with E-state index in [4.69, 9.17) is 0 Å². The third kappa shape index (κ3) is 3.58. The van der Waals surface area contributed by atoms with Gasteiger partial charge in [0.25, 0.3) is 0 Å². The molecule has 0 bridgehead atoms. The van der Waals surface area contributed by atoms with E-state index in [1.807, 2.05) is 0 Å². The molecule has 26 heavy (non-hydrogen) atoms. The third-order valence-electron chi connectivity index (χ3n) is 6.06. The minimum absolute atomic E-state index is 0.572. The van der Waals surface area contributed by atoms with Crippen LogP contribution in [0.3, 0.4) is 0 Å². The van der Waals surface area contributed by atoms with E-state index in [2.05, 4.69) is 94.8 Å². The molecule has 3 rings (SSSR count). The molecular formula is C25H33N. The summed E-state index contributed by atoms with van der Waals surface area (Å²) in [5.41, 5.74) is 7.23. The van der Waals surface area contributed by atoms with Crippen molar-refractivity contribution in [3.8, 4) is 0 Å². The molecule has 1 nitrogen and oxygen atoms in total. The largest absolute Gasteiger partial charge is 0.347 e. The van der Waals surface area contributed by atoms with Crippen LogP contribution < -0.4 is 0 Å². The first-order valence-corrected chi connectivity index (χ1v) is 10.0. The van der Waals surface area contributed by atoms with Gasteiger partial charge in [-0.25, -0.2) is 0 Å². The molecule has 0 aliphatic heterocycles. The Balaban J connectivity index is 1.75. The van der Waals surface area contributed by atoms with Crippen molar-refractivity contribution in [2.24, 2.45) is 7.05 Å². The lowest BCUT2D eigenvalue weighted by Gasteiger charge is -2.19. The number of fused-ring (bicyclic) bond motifs is 1. The van der Waals surface area contributed by atoms with Crippen LogP contribution in [0.25, 0.3) is 10.9 Å². The molecule has 0 N–H and O–H groups in total. The summed E-state index contributed by atoms with van der Waals surface area (Å²) in [4.78, 5) is 0. The van der Waals surface area contributed by atoms with E-state index in [0.717, 1.165) is 0 Å². The summed E-state index contributed by atoms with van der Waals surface area (Å²) in [6, 6.07) is 17.9. The first kappa shape index (κ1) is 18.8. The van der Waals surface area contributed by atoms with Gasteiger partial charge >= 0.3 is 0 Å². The molecule has 0 amide bonds. The van der Waals surface area contributed by atoms with Crippen molar-refractivity contribution in [3.05, 3.63) is 70.9 Å². The third-order valence-corrected chi connectivity index (χ3v) is 6.06. The highest BCUT2D eigenvalue weighted by Gasteiger charge is 2.18. The van der Waals surface area contributed by atoms with Gasteiger partial charge in [-0.2, -0.15) is 0 Å². The van der Waals surface area contributed by atoms with Crippen LogP contribution >= 0.6 is 0 Å². The molecule has 2 unspecified atom stereocenters. The summed E-state index contributed by atoms with van der Waals surface area (Å²) < 4.78 is 2.40. The van der Waals surface area contributed by atoms with Gasteiger partial charge in [0.1, 0.15) is 0 Å². The van der Waals surface area contributed by atoms with Crippen LogP contribution in [0.1, 0.15) is 80.7 Å². The number of para-hydroxylation sites is 1. The summed E-state index contributed by atoms with van der Waals surface area (Å²) in [5.74, 6) is 1.77. The minimum Gasteiger partial charge on any atom is -0.347 e. The van der Waals surface area contributed by atoms with Gasteiger partial charge in [0, 0.05) is 23.6 Å². The van der Waals surface area contributed by atoms with E-state index >= 15 is 0 Å². The fourth-order valence-electron chi connectivity index (χ4n) is 4.33. The average molecular weight is 348 g/mol. The molecule has 0 radical (unpaired) electrons. The molecule has 138 valence electrons.